The van der Waals surface area contributed by atoms with Gasteiger partial charge in [0, 0.05) is 13.6 Å². The van der Waals surface area contributed by atoms with E-state index in [2.05, 4.69) is 15.9 Å². The van der Waals surface area contributed by atoms with Crippen molar-refractivity contribution in [3.63, 3.8) is 0 Å². The predicted molar refractivity (Wildman–Crippen MR) is 68.2 cm³/mol. The fraction of sp³-hybridized carbons (Fsp3) is 0.583. The Labute approximate surface area is 109 Å². The van der Waals surface area contributed by atoms with E-state index < -0.39 is 0 Å². The van der Waals surface area contributed by atoms with Crippen LogP contribution in [0.2, 0.25) is 0 Å². The van der Waals surface area contributed by atoms with Gasteiger partial charge in [-0.25, -0.2) is 0 Å². The zero-order valence-corrected chi connectivity index (χ0v) is 11.5. The summed E-state index contributed by atoms with van der Waals surface area (Å²) in [6.07, 6.45) is 2.92. The Morgan fingerprint density at radius 3 is 2.71 bits per heavy atom. The van der Waals surface area contributed by atoms with E-state index in [-0.39, 0.29) is 11.3 Å². The summed E-state index contributed by atoms with van der Waals surface area (Å²) in [6, 6.07) is 3.69. The molecule has 1 fully saturated rings. The summed E-state index contributed by atoms with van der Waals surface area (Å²) in [5.74, 6) is 0.915. The largest absolute Gasteiger partial charge is 0.452 e. The van der Waals surface area contributed by atoms with Crippen molar-refractivity contribution in [3.8, 4) is 0 Å². The van der Waals surface area contributed by atoms with Crippen LogP contribution in [0.3, 0.4) is 0 Å². The molecule has 0 aromatic carbocycles. The Bertz CT molecular complexity index is 407. The monoisotopic (exact) mass is 300 g/mol. The SMILES string of the molecule is CN(Cc1ccc(Br)o1)C(=O)C1(CN)CCC1. The van der Waals surface area contributed by atoms with Gasteiger partial charge in [0.05, 0.1) is 12.0 Å². The van der Waals surface area contributed by atoms with E-state index in [1.165, 1.54) is 0 Å². The lowest BCUT2D eigenvalue weighted by Crippen LogP contribution is -2.50. The van der Waals surface area contributed by atoms with E-state index in [0.29, 0.717) is 17.8 Å². The van der Waals surface area contributed by atoms with E-state index in [4.69, 9.17) is 10.2 Å². The fourth-order valence-corrected chi connectivity index (χ4v) is 2.60. The lowest BCUT2D eigenvalue weighted by Gasteiger charge is -2.41. The first-order valence-electron chi connectivity index (χ1n) is 5.77. The summed E-state index contributed by atoms with van der Waals surface area (Å²) in [4.78, 5) is 14.0. The molecule has 1 aromatic rings. The lowest BCUT2D eigenvalue weighted by molar-refractivity contribution is -0.146. The maximum atomic E-state index is 12.3. The third-order valence-electron chi connectivity index (χ3n) is 3.52. The first-order valence-corrected chi connectivity index (χ1v) is 6.56. The number of carbonyl (C=O) groups is 1. The van der Waals surface area contributed by atoms with E-state index >= 15 is 0 Å². The van der Waals surface area contributed by atoms with Gasteiger partial charge >= 0.3 is 0 Å². The molecule has 2 N–H and O–H groups in total. The van der Waals surface area contributed by atoms with Crippen LogP contribution >= 0.6 is 15.9 Å². The normalized spacial score (nSPS) is 17.6. The van der Waals surface area contributed by atoms with Crippen molar-refractivity contribution in [2.45, 2.75) is 25.8 Å². The van der Waals surface area contributed by atoms with Crippen molar-refractivity contribution in [3.05, 3.63) is 22.6 Å². The van der Waals surface area contributed by atoms with Crippen LogP contribution < -0.4 is 5.73 Å². The van der Waals surface area contributed by atoms with Crippen molar-refractivity contribution in [1.82, 2.24) is 4.90 Å². The van der Waals surface area contributed by atoms with E-state index in [1.807, 2.05) is 12.1 Å². The number of rotatable bonds is 4. The highest BCUT2D eigenvalue weighted by Gasteiger charge is 2.44. The molecule has 0 spiro atoms. The summed E-state index contributed by atoms with van der Waals surface area (Å²) in [5.41, 5.74) is 5.42. The molecule has 5 heteroatoms. The second-order valence-corrected chi connectivity index (χ2v) is 5.49. The van der Waals surface area contributed by atoms with Crippen LogP contribution in [-0.2, 0) is 11.3 Å². The highest BCUT2D eigenvalue weighted by molar-refractivity contribution is 9.10. The molecule has 0 atom stereocenters. The van der Waals surface area contributed by atoms with Crippen LogP contribution in [0.1, 0.15) is 25.0 Å². The van der Waals surface area contributed by atoms with Crippen LogP contribution in [0.4, 0.5) is 0 Å². The maximum Gasteiger partial charge on any atom is 0.230 e. The van der Waals surface area contributed by atoms with Crippen LogP contribution in [0.25, 0.3) is 0 Å². The molecule has 0 aliphatic heterocycles. The maximum absolute atomic E-state index is 12.3. The molecule has 2 rings (SSSR count). The van der Waals surface area contributed by atoms with Crippen LogP contribution in [0.5, 0.6) is 0 Å². The fourth-order valence-electron chi connectivity index (χ4n) is 2.26. The Balaban J connectivity index is 2.00. The van der Waals surface area contributed by atoms with Gasteiger partial charge in [0.15, 0.2) is 4.67 Å². The van der Waals surface area contributed by atoms with Crippen molar-refractivity contribution in [1.29, 1.82) is 0 Å². The molecule has 1 aliphatic rings. The Morgan fingerprint density at radius 2 is 2.29 bits per heavy atom. The minimum Gasteiger partial charge on any atom is -0.452 e. The lowest BCUT2D eigenvalue weighted by atomic mass is 9.68. The van der Waals surface area contributed by atoms with Crippen LogP contribution in [0.15, 0.2) is 21.2 Å². The third-order valence-corrected chi connectivity index (χ3v) is 3.95. The topological polar surface area (TPSA) is 59.5 Å². The Kier molecular flexibility index (Phi) is 3.58. The number of nitrogens with two attached hydrogens (primary N) is 1. The Morgan fingerprint density at radius 1 is 1.59 bits per heavy atom. The molecule has 0 radical (unpaired) electrons. The third kappa shape index (κ3) is 2.40. The number of amides is 1. The minimum atomic E-state index is -0.307. The van der Waals surface area contributed by atoms with E-state index in [9.17, 15) is 4.79 Å². The van der Waals surface area contributed by atoms with Crippen LogP contribution in [0, 0.1) is 5.41 Å². The van der Waals surface area contributed by atoms with E-state index in [1.54, 1.807) is 11.9 Å². The number of nitrogens with zero attached hydrogens (tertiary/aromatic N) is 1. The van der Waals surface area contributed by atoms with Crippen molar-refractivity contribution >= 4 is 21.8 Å². The highest BCUT2D eigenvalue weighted by atomic mass is 79.9. The van der Waals surface area contributed by atoms with Crippen molar-refractivity contribution in [2.24, 2.45) is 11.1 Å². The zero-order chi connectivity index (χ0) is 12.5. The first-order chi connectivity index (χ1) is 8.07. The van der Waals surface area contributed by atoms with Gasteiger partial charge in [-0.05, 0) is 40.9 Å². The quantitative estimate of drug-likeness (QED) is 0.927. The number of hydrogen-bond acceptors (Lipinski definition) is 3. The summed E-state index contributed by atoms with van der Waals surface area (Å²) in [6.45, 7) is 0.935. The van der Waals surface area contributed by atoms with Gasteiger partial charge in [-0.2, -0.15) is 0 Å². The molecule has 0 bridgehead atoms. The molecule has 4 nitrogen and oxygen atoms in total. The predicted octanol–water partition coefficient (Wildman–Crippen LogP) is 2.13. The average molecular weight is 301 g/mol. The van der Waals surface area contributed by atoms with E-state index in [0.717, 1.165) is 25.0 Å². The molecule has 1 aliphatic carbocycles. The molecule has 1 amide bonds. The minimum absolute atomic E-state index is 0.138. The molecule has 0 unspecified atom stereocenters. The smallest absolute Gasteiger partial charge is 0.230 e. The summed E-state index contributed by atoms with van der Waals surface area (Å²) < 4.78 is 6.08. The van der Waals surface area contributed by atoms with Crippen molar-refractivity contribution in [2.75, 3.05) is 13.6 Å². The summed E-state index contributed by atoms with van der Waals surface area (Å²) in [5, 5.41) is 0. The highest BCUT2D eigenvalue weighted by Crippen LogP contribution is 2.41. The first kappa shape index (κ1) is 12.6. The molecular weight excluding hydrogens is 284 g/mol. The summed E-state index contributed by atoms with van der Waals surface area (Å²) >= 11 is 3.25. The van der Waals surface area contributed by atoms with Gasteiger partial charge in [0.2, 0.25) is 5.91 Å². The average Bonchev–Trinajstić information content (AvgIpc) is 2.63. The van der Waals surface area contributed by atoms with Gasteiger partial charge in [0.25, 0.3) is 0 Å². The van der Waals surface area contributed by atoms with Crippen molar-refractivity contribution < 1.29 is 9.21 Å². The number of hydrogen-bond donors (Lipinski definition) is 1. The molecule has 1 heterocycles. The molecule has 1 saturated carbocycles. The molecular formula is C12H17BrN2O2. The second-order valence-electron chi connectivity index (χ2n) is 4.71. The molecule has 17 heavy (non-hydrogen) atoms. The Hall–Kier alpha value is -0.810. The standard InChI is InChI=1S/C12H17BrN2O2/c1-15(7-9-3-4-10(13)17-9)11(16)12(8-14)5-2-6-12/h3-4H,2,5-8,14H2,1H3. The van der Waals surface area contributed by atoms with Gasteiger partial charge < -0.3 is 15.1 Å². The van der Waals surface area contributed by atoms with Gasteiger partial charge in [-0.15, -0.1) is 0 Å². The van der Waals surface area contributed by atoms with Crippen LogP contribution in [-0.4, -0.2) is 24.4 Å². The molecule has 94 valence electrons. The second kappa shape index (κ2) is 4.82. The number of halogens is 1. The van der Waals surface area contributed by atoms with Gasteiger partial charge in [-0.3, -0.25) is 4.79 Å². The molecule has 1 aromatic heterocycles. The summed E-state index contributed by atoms with van der Waals surface area (Å²) in [7, 11) is 1.80. The van der Waals surface area contributed by atoms with Gasteiger partial charge in [-0.1, -0.05) is 6.42 Å². The molecule has 0 saturated heterocycles. The zero-order valence-electron chi connectivity index (χ0n) is 9.91. The van der Waals surface area contributed by atoms with Gasteiger partial charge in [0.1, 0.15) is 5.76 Å². The number of carbonyl (C=O) groups excluding carboxylic acids is 1. The number of furan rings is 1.